The van der Waals surface area contributed by atoms with Crippen molar-refractivity contribution in [2.45, 2.75) is 39.5 Å². The third-order valence-corrected chi connectivity index (χ3v) is 6.61. The number of hydrogen-bond donors (Lipinski definition) is 0. The topological polar surface area (TPSA) is 38.8 Å². The summed E-state index contributed by atoms with van der Waals surface area (Å²) in [4.78, 5) is 14.6. The summed E-state index contributed by atoms with van der Waals surface area (Å²) in [5, 5.41) is 0. The van der Waals surface area contributed by atoms with Crippen molar-refractivity contribution in [3.8, 4) is 11.5 Å². The van der Waals surface area contributed by atoms with Gasteiger partial charge in [-0.05, 0) is 60.7 Å². The molecule has 6 heteroatoms. The third-order valence-electron chi connectivity index (χ3n) is 5.23. The Balaban J connectivity index is 1.46. The quantitative estimate of drug-likeness (QED) is 0.240. The molecule has 0 spiro atoms. The molecule has 0 aliphatic carbocycles. The molecular formula is C25H29NO3S2. The first-order valence-electron chi connectivity index (χ1n) is 10.7. The number of amides is 1. The molecule has 0 bridgehead atoms. The SMILES string of the molecule is CCC(C)c1ccc(OCCCOc2cccc(C=C3SC(=S)N(CC)C3=O)c2)cc1. The van der Waals surface area contributed by atoms with Crippen molar-refractivity contribution in [3.05, 3.63) is 64.6 Å². The molecule has 0 N–H and O–H groups in total. The molecule has 0 saturated carbocycles. The minimum absolute atomic E-state index is 0.0295. The van der Waals surface area contributed by atoms with E-state index in [-0.39, 0.29) is 5.91 Å². The zero-order chi connectivity index (χ0) is 22.2. The van der Waals surface area contributed by atoms with Crippen molar-refractivity contribution >= 4 is 40.3 Å². The van der Waals surface area contributed by atoms with E-state index in [4.69, 9.17) is 21.7 Å². The molecule has 164 valence electrons. The number of hydrogen-bond acceptors (Lipinski definition) is 5. The van der Waals surface area contributed by atoms with E-state index in [9.17, 15) is 4.79 Å². The van der Waals surface area contributed by atoms with E-state index in [2.05, 4.69) is 26.0 Å². The van der Waals surface area contributed by atoms with Crippen molar-refractivity contribution in [3.63, 3.8) is 0 Å². The molecule has 1 aliphatic heterocycles. The first-order valence-corrected chi connectivity index (χ1v) is 11.9. The van der Waals surface area contributed by atoms with Gasteiger partial charge in [0.1, 0.15) is 15.8 Å². The van der Waals surface area contributed by atoms with Gasteiger partial charge in [0.25, 0.3) is 5.91 Å². The Morgan fingerprint density at radius 3 is 2.42 bits per heavy atom. The molecule has 1 saturated heterocycles. The number of ether oxygens (including phenoxy) is 2. The lowest BCUT2D eigenvalue weighted by atomic mass is 9.99. The van der Waals surface area contributed by atoms with E-state index in [1.807, 2.05) is 49.4 Å². The maximum atomic E-state index is 12.4. The molecule has 0 aromatic heterocycles. The summed E-state index contributed by atoms with van der Waals surface area (Å²) in [6.45, 7) is 8.11. The second kappa shape index (κ2) is 11.3. The van der Waals surface area contributed by atoms with Gasteiger partial charge in [-0.2, -0.15) is 0 Å². The molecule has 1 unspecified atom stereocenters. The van der Waals surface area contributed by atoms with Crippen LogP contribution in [-0.2, 0) is 4.79 Å². The fourth-order valence-electron chi connectivity index (χ4n) is 3.19. The largest absolute Gasteiger partial charge is 0.493 e. The van der Waals surface area contributed by atoms with Crippen LogP contribution in [0.2, 0.25) is 0 Å². The number of rotatable bonds is 10. The summed E-state index contributed by atoms with van der Waals surface area (Å²) in [6, 6.07) is 16.1. The van der Waals surface area contributed by atoms with E-state index >= 15 is 0 Å². The van der Waals surface area contributed by atoms with Crippen molar-refractivity contribution in [1.29, 1.82) is 0 Å². The van der Waals surface area contributed by atoms with E-state index < -0.39 is 0 Å². The number of nitrogens with zero attached hydrogens (tertiary/aromatic N) is 1. The minimum atomic E-state index is -0.0295. The highest BCUT2D eigenvalue weighted by Gasteiger charge is 2.30. The van der Waals surface area contributed by atoms with Crippen LogP contribution in [0.5, 0.6) is 11.5 Å². The lowest BCUT2D eigenvalue weighted by Crippen LogP contribution is -2.27. The van der Waals surface area contributed by atoms with Crippen molar-refractivity contribution in [2.75, 3.05) is 19.8 Å². The molecule has 4 nitrogen and oxygen atoms in total. The predicted molar refractivity (Wildman–Crippen MR) is 133 cm³/mol. The second-order valence-corrected chi connectivity index (χ2v) is 9.10. The summed E-state index contributed by atoms with van der Waals surface area (Å²) >= 11 is 6.61. The summed E-state index contributed by atoms with van der Waals surface area (Å²) in [7, 11) is 0. The van der Waals surface area contributed by atoms with Gasteiger partial charge in [-0.15, -0.1) is 0 Å². The predicted octanol–water partition coefficient (Wildman–Crippen LogP) is 6.27. The summed E-state index contributed by atoms with van der Waals surface area (Å²) in [5.74, 6) is 2.20. The van der Waals surface area contributed by atoms with Gasteiger partial charge < -0.3 is 9.47 Å². The third kappa shape index (κ3) is 6.34. The molecule has 1 atom stereocenters. The van der Waals surface area contributed by atoms with Crippen LogP contribution >= 0.6 is 24.0 Å². The standard InChI is InChI=1S/C25H29NO3S2/c1-4-18(3)20-10-12-21(13-11-20)28-14-7-15-29-22-9-6-8-19(16-22)17-23-24(27)26(5-2)25(30)31-23/h6,8-13,16-18H,4-5,7,14-15H2,1-3H3. The minimum Gasteiger partial charge on any atom is -0.493 e. The first-order chi connectivity index (χ1) is 15.0. The van der Waals surface area contributed by atoms with Gasteiger partial charge in [0.15, 0.2) is 0 Å². The lowest BCUT2D eigenvalue weighted by Gasteiger charge is -2.11. The zero-order valence-electron chi connectivity index (χ0n) is 18.3. The van der Waals surface area contributed by atoms with Crippen LogP contribution in [-0.4, -0.2) is 34.9 Å². The van der Waals surface area contributed by atoms with Crippen LogP contribution in [0.25, 0.3) is 6.08 Å². The average molecular weight is 456 g/mol. The normalized spacial score (nSPS) is 16.1. The molecule has 2 aromatic rings. The Labute approximate surface area is 194 Å². The van der Waals surface area contributed by atoms with Crippen LogP contribution in [0, 0.1) is 0 Å². The molecular weight excluding hydrogens is 426 g/mol. The van der Waals surface area contributed by atoms with Crippen LogP contribution in [0.3, 0.4) is 0 Å². The molecule has 1 amide bonds. The van der Waals surface area contributed by atoms with Crippen LogP contribution in [0.4, 0.5) is 0 Å². The highest BCUT2D eigenvalue weighted by molar-refractivity contribution is 8.26. The molecule has 1 fully saturated rings. The fourth-order valence-corrected chi connectivity index (χ4v) is 4.57. The molecule has 3 rings (SSSR count). The van der Waals surface area contributed by atoms with Gasteiger partial charge in [-0.3, -0.25) is 9.69 Å². The summed E-state index contributed by atoms with van der Waals surface area (Å²) in [6.07, 6.45) is 3.79. The number of thioether (sulfide) groups is 1. The molecule has 1 heterocycles. The number of thiocarbonyl (C=S) groups is 1. The van der Waals surface area contributed by atoms with E-state index in [1.165, 1.54) is 17.3 Å². The van der Waals surface area contributed by atoms with Crippen LogP contribution < -0.4 is 9.47 Å². The summed E-state index contributed by atoms with van der Waals surface area (Å²) < 4.78 is 12.3. The number of likely N-dealkylation sites (N-methyl/N-ethyl adjacent to an activating group) is 1. The Kier molecular flexibility index (Phi) is 8.55. The number of benzene rings is 2. The Morgan fingerprint density at radius 2 is 1.77 bits per heavy atom. The first kappa shape index (κ1) is 23.4. The van der Waals surface area contributed by atoms with E-state index in [0.717, 1.165) is 29.9 Å². The molecule has 1 aliphatic rings. The average Bonchev–Trinajstić information content (AvgIpc) is 3.05. The van der Waals surface area contributed by atoms with Gasteiger partial charge in [0.05, 0.1) is 18.1 Å². The van der Waals surface area contributed by atoms with Gasteiger partial charge in [0, 0.05) is 13.0 Å². The van der Waals surface area contributed by atoms with Crippen molar-refractivity contribution in [1.82, 2.24) is 4.90 Å². The van der Waals surface area contributed by atoms with Gasteiger partial charge in [-0.1, -0.05) is 62.1 Å². The Morgan fingerprint density at radius 1 is 1.06 bits per heavy atom. The highest BCUT2D eigenvalue weighted by atomic mass is 32.2. The second-order valence-electron chi connectivity index (χ2n) is 7.43. The van der Waals surface area contributed by atoms with Gasteiger partial charge in [0.2, 0.25) is 0 Å². The smallest absolute Gasteiger partial charge is 0.266 e. The maximum absolute atomic E-state index is 12.4. The van der Waals surface area contributed by atoms with Gasteiger partial charge in [-0.25, -0.2) is 0 Å². The maximum Gasteiger partial charge on any atom is 0.266 e. The van der Waals surface area contributed by atoms with E-state index in [1.54, 1.807) is 4.90 Å². The monoisotopic (exact) mass is 455 g/mol. The Bertz CT molecular complexity index is 940. The van der Waals surface area contributed by atoms with Crippen LogP contribution in [0.1, 0.15) is 50.7 Å². The van der Waals surface area contributed by atoms with Crippen LogP contribution in [0.15, 0.2) is 53.4 Å². The fraction of sp³-hybridized carbons (Fsp3) is 0.360. The van der Waals surface area contributed by atoms with Crippen molar-refractivity contribution in [2.24, 2.45) is 0 Å². The highest BCUT2D eigenvalue weighted by Crippen LogP contribution is 2.32. The van der Waals surface area contributed by atoms with E-state index in [0.29, 0.717) is 34.9 Å². The molecule has 2 aromatic carbocycles. The number of carbonyl (C=O) groups excluding carboxylic acids is 1. The molecule has 31 heavy (non-hydrogen) atoms. The Hall–Kier alpha value is -2.31. The van der Waals surface area contributed by atoms with Gasteiger partial charge >= 0.3 is 0 Å². The summed E-state index contributed by atoms with van der Waals surface area (Å²) in [5.41, 5.74) is 2.27. The zero-order valence-corrected chi connectivity index (χ0v) is 19.9. The molecule has 0 radical (unpaired) electrons. The van der Waals surface area contributed by atoms with Crippen molar-refractivity contribution < 1.29 is 14.3 Å². The number of carbonyl (C=O) groups is 1. The lowest BCUT2D eigenvalue weighted by molar-refractivity contribution is -0.121.